The van der Waals surface area contributed by atoms with Crippen molar-refractivity contribution in [1.82, 2.24) is 4.90 Å². The molecule has 0 saturated carbocycles. The minimum atomic E-state index is 0. The van der Waals surface area contributed by atoms with Gasteiger partial charge >= 0.3 is 0 Å². The molecule has 1 aliphatic heterocycles. The lowest BCUT2D eigenvalue weighted by molar-refractivity contribution is -0.130. The molecule has 1 saturated heterocycles. The third kappa shape index (κ3) is 8.08. The summed E-state index contributed by atoms with van der Waals surface area (Å²) in [4.78, 5) is 14.0. The molecule has 5 heteroatoms. The summed E-state index contributed by atoms with van der Waals surface area (Å²) >= 11 is 0. The molecule has 1 heterocycles. The molecular weight excluding hydrogens is 276 g/mol. The third-order valence-corrected chi connectivity index (χ3v) is 3.51. The number of amides is 1. The molecule has 0 radical (unpaired) electrons. The van der Waals surface area contributed by atoms with E-state index in [2.05, 4.69) is 13.8 Å². The fourth-order valence-corrected chi connectivity index (χ4v) is 2.35. The number of nitrogens with zero attached hydrogens (tertiary/aromatic N) is 1. The summed E-state index contributed by atoms with van der Waals surface area (Å²) in [6.45, 7) is 7.51. The van der Waals surface area contributed by atoms with E-state index in [0.717, 1.165) is 58.3 Å². The predicted octanol–water partition coefficient (Wildman–Crippen LogP) is 2.59. The number of unbranched alkanes of at least 4 members (excludes halogenated alkanes) is 3. The average Bonchev–Trinajstić information content (AvgIpc) is 2.84. The Morgan fingerprint density at radius 2 is 2.00 bits per heavy atom. The molecule has 1 atom stereocenters. The first-order valence-corrected chi connectivity index (χ1v) is 7.73. The largest absolute Gasteiger partial charge is 0.376 e. The van der Waals surface area contributed by atoms with E-state index in [1.165, 1.54) is 0 Å². The van der Waals surface area contributed by atoms with Gasteiger partial charge < -0.3 is 15.4 Å². The van der Waals surface area contributed by atoms with Gasteiger partial charge in [0.1, 0.15) is 0 Å². The van der Waals surface area contributed by atoms with Crippen LogP contribution >= 0.6 is 12.4 Å². The second-order valence-electron chi connectivity index (χ2n) is 5.93. The van der Waals surface area contributed by atoms with Gasteiger partial charge in [0.2, 0.25) is 5.91 Å². The van der Waals surface area contributed by atoms with Gasteiger partial charge in [-0.15, -0.1) is 12.4 Å². The molecule has 0 aliphatic carbocycles. The topological polar surface area (TPSA) is 55.6 Å². The van der Waals surface area contributed by atoms with Crippen LogP contribution in [0, 0.1) is 5.92 Å². The number of carbonyl (C=O) groups excluding carboxylic acids is 1. The summed E-state index contributed by atoms with van der Waals surface area (Å²) in [5, 5.41) is 0. The van der Waals surface area contributed by atoms with Crippen LogP contribution in [0.3, 0.4) is 0 Å². The van der Waals surface area contributed by atoms with E-state index >= 15 is 0 Å². The van der Waals surface area contributed by atoms with Gasteiger partial charge in [-0.3, -0.25) is 4.79 Å². The fourth-order valence-electron chi connectivity index (χ4n) is 2.35. The summed E-state index contributed by atoms with van der Waals surface area (Å²) in [5.74, 6) is 0.857. The molecular formula is C15H31ClN2O2. The minimum absolute atomic E-state index is 0. The maximum atomic E-state index is 12.0. The SMILES string of the molecule is CC(C)COC1CCN(C(=O)CCCCCCN)C1.Cl. The Balaban J connectivity index is 0.00000361. The number of carbonyl (C=O) groups is 1. The van der Waals surface area contributed by atoms with Gasteiger partial charge in [-0.2, -0.15) is 0 Å². The van der Waals surface area contributed by atoms with Gasteiger partial charge in [-0.1, -0.05) is 26.7 Å². The summed E-state index contributed by atoms with van der Waals surface area (Å²) in [7, 11) is 0. The Morgan fingerprint density at radius 1 is 1.30 bits per heavy atom. The molecule has 0 aromatic heterocycles. The molecule has 120 valence electrons. The first-order valence-electron chi connectivity index (χ1n) is 7.73. The van der Waals surface area contributed by atoms with Crippen molar-refractivity contribution in [2.24, 2.45) is 11.7 Å². The van der Waals surface area contributed by atoms with E-state index < -0.39 is 0 Å². The zero-order chi connectivity index (χ0) is 14.1. The van der Waals surface area contributed by atoms with Crippen molar-refractivity contribution in [3.8, 4) is 0 Å². The van der Waals surface area contributed by atoms with Crippen molar-refractivity contribution in [3.63, 3.8) is 0 Å². The Labute approximate surface area is 129 Å². The average molecular weight is 307 g/mol. The van der Waals surface area contributed by atoms with E-state index in [9.17, 15) is 4.79 Å². The zero-order valence-electron chi connectivity index (χ0n) is 13.0. The van der Waals surface area contributed by atoms with Gasteiger partial charge in [-0.25, -0.2) is 0 Å². The molecule has 4 nitrogen and oxygen atoms in total. The van der Waals surface area contributed by atoms with Crippen molar-refractivity contribution in [2.75, 3.05) is 26.2 Å². The molecule has 1 amide bonds. The second-order valence-corrected chi connectivity index (χ2v) is 5.93. The number of rotatable bonds is 9. The van der Waals surface area contributed by atoms with Crippen LogP contribution in [0.15, 0.2) is 0 Å². The molecule has 0 aromatic carbocycles. The second kappa shape index (κ2) is 11.4. The predicted molar refractivity (Wildman–Crippen MR) is 85.2 cm³/mol. The Morgan fingerprint density at radius 3 is 2.65 bits per heavy atom. The standard InChI is InChI=1S/C15H30N2O2.ClH/c1-13(2)12-19-14-8-10-17(11-14)15(18)7-5-3-4-6-9-16;/h13-14H,3-12,16H2,1-2H3;1H. The van der Waals surface area contributed by atoms with Crippen molar-refractivity contribution >= 4 is 18.3 Å². The number of hydrogen-bond donors (Lipinski definition) is 1. The molecule has 1 rings (SSSR count). The van der Waals surface area contributed by atoms with Gasteiger partial charge in [0.25, 0.3) is 0 Å². The summed E-state index contributed by atoms with van der Waals surface area (Å²) in [5.41, 5.74) is 5.45. The van der Waals surface area contributed by atoms with Crippen molar-refractivity contribution in [3.05, 3.63) is 0 Å². The van der Waals surface area contributed by atoms with Crippen LogP contribution in [-0.2, 0) is 9.53 Å². The van der Waals surface area contributed by atoms with Gasteiger partial charge in [0, 0.05) is 26.1 Å². The van der Waals surface area contributed by atoms with E-state index in [0.29, 0.717) is 18.2 Å². The van der Waals surface area contributed by atoms with Crippen molar-refractivity contribution < 1.29 is 9.53 Å². The molecule has 20 heavy (non-hydrogen) atoms. The van der Waals surface area contributed by atoms with Crippen LogP contribution in [0.2, 0.25) is 0 Å². The lowest BCUT2D eigenvalue weighted by atomic mass is 10.1. The van der Waals surface area contributed by atoms with Crippen LogP contribution in [0.25, 0.3) is 0 Å². The first kappa shape index (κ1) is 19.7. The van der Waals surface area contributed by atoms with Crippen molar-refractivity contribution in [2.45, 2.75) is 58.5 Å². The highest BCUT2D eigenvalue weighted by molar-refractivity contribution is 5.85. The zero-order valence-corrected chi connectivity index (χ0v) is 13.8. The number of ether oxygens (including phenoxy) is 1. The van der Waals surface area contributed by atoms with Gasteiger partial charge in [0.05, 0.1) is 6.10 Å². The van der Waals surface area contributed by atoms with Crippen LogP contribution in [0.1, 0.15) is 52.4 Å². The molecule has 2 N–H and O–H groups in total. The Hall–Kier alpha value is -0.320. The highest BCUT2D eigenvalue weighted by Gasteiger charge is 2.26. The quantitative estimate of drug-likeness (QED) is 0.666. The van der Waals surface area contributed by atoms with Crippen LogP contribution < -0.4 is 5.73 Å². The molecule has 1 aliphatic rings. The number of nitrogens with two attached hydrogens (primary N) is 1. The summed E-state index contributed by atoms with van der Waals surface area (Å²) in [6.07, 6.45) is 6.25. The number of halogens is 1. The van der Waals surface area contributed by atoms with E-state index in [1.807, 2.05) is 4.90 Å². The lowest BCUT2D eigenvalue weighted by Crippen LogP contribution is -2.30. The maximum absolute atomic E-state index is 12.0. The highest BCUT2D eigenvalue weighted by Crippen LogP contribution is 2.16. The van der Waals surface area contributed by atoms with E-state index in [-0.39, 0.29) is 18.5 Å². The molecule has 1 fully saturated rings. The molecule has 1 unspecified atom stereocenters. The molecule has 0 aromatic rings. The van der Waals surface area contributed by atoms with Crippen LogP contribution in [0.4, 0.5) is 0 Å². The van der Waals surface area contributed by atoms with Gasteiger partial charge in [0.15, 0.2) is 0 Å². The van der Waals surface area contributed by atoms with Gasteiger partial charge in [-0.05, 0) is 31.7 Å². The molecule has 0 bridgehead atoms. The summed E-state index contributed by atoms with van der Waals surface area (Å²) < 4.78 is 5.79. The number of likely N-dealkylation sites (tertiary alicyclic amines) is 1. The Bertz CT molecular complexity index is 262. The molecule has 0 spiro atoms. The fraction of sp³-hybridized carbons (Fsp3) is 0.933. The van der Waals surface area contributed by atoms with Crippen LogP contribution in [0.5, 0.6) is 0 Å². The third-order valence-electron chi connectivity index (χ3n) is 3.51. The monoisotopic (exact) mass is 306 g/mol. The summed E-state index contributed by atoms with van der Waals surface area (Å²) in [6, 6.07) is 0. The van der Waals surface area contributed by atoms with E-state index in [1.54, 1.807) is 0 Å². The van der Waals surface area contributed by atoms with Crippen molar-refractivity contribution in [1.29, 1.82) is 0 Å². The lowest BCUT2D eigenvalue weighted by Gasteiger charge is -2.17. The normalized spacial score (nSPS) is 18.4. The Kier molecular flexibility index (Phi) is 11.2. The highest BCUT2D eigenvalue weighted by atomic mass is 35.5. The maximum Gasteiger partial charge on any atom is 0.222 e. The van der Waals surface area contributed by atoms with E-state index in [4.69, 9.17) is 10.5 Å². The first-order chi connectivity index (χ1) is 9.13. The smallest absolute Gasteiger partial charge is 0.222 e. The van der Waals surface area contributed by atoms with Crippen LogP contribution in [-0.4, -0.2) is 43.2 Å². The minimum Gasteiger partial charge on any atom is -0.376 e. The number of hydrogen-bond acceptors (Lipinski definition) is 3.